The van der Waals surface area contributed by atoms with Gasteiger partial charge in [0.25, 0.3) is 0 Å². The lowest BCUT2D eigenvalue weighted by atomic mass is 10.0. The first-order chi connectivity index (χ1) is 17.2. The van der Waals surface area contributed by atoms with Gasteiger partial charge in [-0.2, -0.15) is 0 Å². The van der Waals surface area contributed by atoms with Gasteiger partial charge >= 0.3 is 5.97 Å². The van der Waals surface area contributed by atoms with Crippen LogP contribution in [0.2, 0.25) is 0 Å². The average molecular weight is 466 g/mol. The molecule has 176 valence electrons. The van der Waals surface area contributed by atoms with Gasteiger partial charge in [-0.15, -0.1) is 5.11 Å². The van der Waals surface area contributed by atoms with Crippen LogP contribution in [0.4, 0.5) is 5.69 Å². The zero-order valence-electron chi connectivity index (χ0n) is 19.6. The number of carbonyl (C=O) groups is 1. The SMILES string of the molecule is CCOC(=O)c1[nH]c2ccccc2c1N=NN1CCN(C2c3ccccc3-c3ccccc32)CC1. The maximum atomic E-state index is 12.5. The highest BCUT2D eigenvalue weighted by molar-refractivity contribution is 6.04. The Morgan fingerprint density at radius 3 is 2.23 bits per heavy atom. The number of hydrogen-bond donors (Lipinski definition) is 1. The van der Waals surface area contributed by atoms with Crippen LogP contribution in [-0.2, 0) is 4.74 Å². The zero-order valence-corrected chi connectivity index (χ0v) is 19.6. The molecule has 35 heavy (non-hydrogen) atoms. The molecule has 2 aliphatic rings. The van der Waals surface area contributed by atoms with E-state index in [-0.39, 0.29) is 6.04 Å². The molecule has 7 nitrogen and oxygen atoms in total. The third kappa shape index (κ3) is 3.78. The second-order valence-corrected chi connectivity index (χ2v) is 8.87. The third-order valence-corrected chi connectivity index (χ3v) is 6.89. The van der Waals surface area contributed by atoms with Gasteiger partial charge in [0.15, 0.2) is 5.69 Å². The number of fused-ring (bicyclic) bond motifs is 4. The second-order valence-electron chi connectivity index (χ2n) is 8.87. The average Bonchev–Trinajstić information content (AvgIpc) is 3.44. The van der Waals surface area contributed by atoms with Gasteiger partial charge in [0, 0.05) is 24.0 Å². The predicted molar refractivity (Wildman–Crippen MR) is 136 cm³/mol. The first kappa shape index (κ1) is 21.6. The molecule has 1 aromatic heterocycles. The van der Waals surface area contributed by atoms with Gasteiger partial charge in [0.05, 0.1) is 25.7 Å². The molecule has 0 amide bonds. The first-order valence-corrected chi connectivity index (χ1v) is 12.1. The monoisotopic (exact) mass is 465 g/mol. The van der Waals surface area contributed by atoms with Crippen LogP contribution >= 0.6 is 0 Å². The number of H-pyrrole nitrogens is 1. The molecule has 7 heteroatoms. The number of rotatable bonds is 5. The summed E-state index contributed by atoms with van der Waals surface area (Å²) >= 11 is 0. The number of aromatic amines is 1. The third-order valence-electron chi connectivity index (χ3n) is 6.89. The highest BCUT2D eigenvalue weighted by atomic mass is 16.5. The molecular weight excluding hydrogens is 438 g/mol. The summed E-state index contributed by atoms with van der Waals surface area (Å²) in [5, 5.41) is 11.9. The maximum Gasteiger partial charge on any atom is 0.357 e. The number of carbonyl (C=O) groups excluding carboxylic acids is 1. The second kappa shape index (κ2) is 9.00. The minimum atomic E-state index is -0.416. The summed E-state index contributed by atoms with van der Waals surface area (Å²) in [4.78, 5) is 18.2. The lowest BCUT2D eigenvalue weighted by Gasteiger charge is -2.37. The van der Waals surface area contributed by atoms with E-state index in [1.165, 1.54) is 22.3 Å². The Bertz CT molecular complexity index is 1370. The molecular formula is C28H27N5O2. The van der Waals surface area contributed by atoms with Gasteiger partial charge in [-0.25, -0.2) is 4.79 Å². The molecule has 0 saturated carbocycles. The Kier molecular flexibility index (Phi) is 5.54. The lowest BCUT2D eigenvalue weighted by Crippen LogP contribution is -2.45. The Morgan fingerprint density at radius 1 is 0.914 bits per heavy atom. The Hall–Kier alpha value is -3.97. The molecule has 0 unspecified atom stereocenters. The molecule has 1 saturated heterocycles. The van der Waals surface area contributed by atoms with E-state index in [4.69, 9.17) is 4.74 Å². The van der Waals surface area contributed by atoms with Gasteiger partial charge in [-0.1, -0.05) is 72.0 Å². The van der Waals surface area contributed by atoms with Crippen molar-refractivity contribution in [3.63, 3.8) is 0 Å². The summed E-state index contributed by atoms with van der Waals surface area (Å²) in [6.45, 7) is 5.39. The van der Waals surface area contributed by atoms with E-state index in [0.29, 0.717) is 18.0 Å². The molecule has 4 aromatic rings. The number of nitrogens with zero attached hydrogens (tertiary/aromatic N) is 4. The standard InChI is InChI=1S/C28H27N5O2/c1-2-35-28(34)26-25(23-13-7-8-14-24(23)29-26)30-31-33-17-15-32(16-18-33)27-21-11-5-3-9-19(21)20-10-4-6-12-22(20)27/h3-14,27,29H,2,15-18H2,1H3. The lowest BCUT2D eigenvalue weighted by molar-refractivity contribution is 0.0521. The minimum Gasteiger partial charge on any atom is -0.461 e. The summed E-state index contributed by atoms with van der Waals surface area (Å²) in [7, 11) is 0. The van der Waals surface area contributed by atoms with E-state index >= 15 is 0 Å². The highest BCUT2D eigenvalue weighted by Gasteiger charge is 2.34. The molecule has 1 N–H and O–H groups in total. The van der Waals surface area contributed by atoms with Crippen LogP contribution in [0.25, 0.3) is 22.0 Å². The summed E-state index contributed by atoms with van der Waals surface area (Å²) in [5.74, 6) is -0.416. The van der Waals surface area contributed by atoms with E-state index in [1.54, 1.807) is 6.92 Å². The van der Waals surface area contributed by atoms with Gasteiger partial charge in [-0.05, 0) is 35.2 Å². The largest absolute Gasteiger partial charge is 0.461 e. The van der Waals surface area contributed by atoms with Crippen molar-refractivity contribution in [1.82, 2.24) is 14.9 Å². The Labute approximate surface area is 204 Å². The van der Waals surface area contributed by atoms with Crippen molar-refractivity contribution in [1.29, 1.82) is 0 Å². The van der Waals surface area contributed by atoms with Crippen LogP contribution in [0.1, 0.15) is 34.6 Å². The van der Waals surface area contributed by atoms with Crippen LogP contribution in [0.15, 0.2) is 83.1 Å². The Morgan fingerprint density at radius 2 is 1.54 bits per heavy atom. The fraction of sp³-hybridized carbons (Fsp3) is 0.250. The normalized spacial score (nSPS) is 16.1. The van der Waals surface area contributed by atoms with Crippen LogP contribution < -0.4 is 0 Å². The number of aromatic nitrogens is 1. The number of nitrogens with one attached hydrogen (secondary N) is 1. The van der Waals surface area contributed by atoms with E-state index in [1.807, 2.05) is 29.3 Å². The molecule has 1 fully saturated rings. The van der Waals surface area contributed by atoms with E-state index < -0.39 is 5.97 Å². The summed E-state index contributed by atoms with van der Waals surface area (Å²) in [5.41, 5.74) is 7.13. The number of piperazine rings is 1. The minimum absolute atomic E-state index is 0.269. The van der Waals surface area contributed by atoms with Crippen LogP contribution in [0.3, 0.4) is 0 Å². The van der Waals surface area contributed by atoms with Crippen molar-refractivity contribution in [3.8, 4) is 11.1 Å². The summed E-state index contributed by atoms with van der Waals surface area (Å²) < 4.78 is 5.23. The van der Waals surface area contributed by atoms with Crippen molar-refractivity contribution < 1.29 is 9.53 Å². The van der Waals surface area contributed by atoms with E-state index in [9.17, 15) is 4.79 Å². The van der Waals surface area contributed by atoms with Gasteiger partial charge in [0.2, 0.25) is 0 Å². The molecule has 0 atom stereocenters. The smallest absolute Gasteiger partial charge is 0.357 e. The van der Waals surface area contributed by atoms with Crippen molar-refractivity contribution in [2.75, 3.05) is 32.8 Å². The van der Waals surface area contributed by atoms with Gasteiger partial charge in [0.1, 0.15) is 5.69 Å². The number of esters is 1. The van der Waals surface area contributed by atoms with Crippen molar-refractivity contribution >= 4 is 22.6 Å². The van der Waals surface area contributed by atoms with Crippen molar-refractivity contribution in [2.45, 2.75) is 13.0 Å². The van der Waals surface area contributed by atoms with Crippen molar-refractivity contribution in [2.24, 2.45) is 10.3 Å². The molecule has 0 radical (unpaired) electrons. The summed E-state index contributed by atoms with van der Waals surface area (Å²) in [6.07, 6.45) is 0. The van der Waals surface area contributed by atoms with E-state index in [2.05, 4.69) is 68.8 Å². The molecule has 1 aliphatic carbocycles. The molecule has 6 rings (SSSR count). The Balaban J connectivity index is 1.22. The van der Waals surface area contributed by atoms with Crippen LogP contribution in [-0.4, -0.2) is 53.6 Å². The maximum absolute atomic E-state index is 12.5. The number of hydrogen-bond acceptors (Lipinski definition) is 5. The number of para-hydroxylation sites is 1. The highest BCUT2D eigenvalue weighted by Crippen LogP contribution is 2.46. The molecule has 2 heterocycles. The number of benzene rings is 3. The summed E-state index contributed by atoms with van der Waals surface area (Å²) in [6, 6.07) is 25.4. The van der Waals surface area contributed by atoms with E-state index in [0.717, 1.165) is 37.1 Å². The molecule has 0 bridgehead atoms. The zero-order chi connectivity index (χ0) is 23.8. The fourth-order valence-electron chi connectivity index (χ4n) is 5.27. The van der Waals surface area contributed by atoms with Gasteiger partial charge < -0.3 is 9.72 Å². The van der Waals surface area contributed by atoms with Crippen molar-refractivity contribution in [3.05, 3.63) is 89.6 Å². The molecule has 3 aromatic carbocycles. The number of ether oxygens (including phenoxy) is 1. The first-order valence-electron chi connectivity index (χ1n) is 12.1. The predicted octanol–water partition coefficient (Wildman–Crippen LogP) is 5.73. The van der Waals surface area contributed by atoms with Crippen LogP contribution in [0.5, 0.6) is 0 Å². The topological polar surface area (TPSA) is 73.3 Å². The molecule has 0 spiro atoms. The quantitative estimate of drug-likeness (QED) is 0.302. The molecule has 1 aliphatic heterocycles. The van der Waals surface area contributed by atoms with Gasteiger partial charge in [-0.3, -0.25) is 9.91 Å². The van der Waals surface area contributed by atoms with Crippen LogP contribution in [0, 0.1) is 0 Å². The fourth-order valence-corrected chi connectivity index (χ4v) is 5.27.